The minimum atomic E-state index is 0.681. The molecule has 1 aromatic rings. The predicted molar refractivity (Wildman–Crippen MR) is 80.6 cm³/mol. The van der Waals surface area contributed by atoms with Crippen molar-refractivity contribution in [1.82, 2.24) is 15.5 Å². The summed E-state index contributed by atoms with van der Waals surface area (Å²) in [4.78, 5) is 0. The molecule has 0 saturated carbocycles. The van der Waals surface area contributed by atoms with Crippen LogP contribution in [0.4, 0.5) is 0 Å². The molecule has 0 aromatic carbocycles. The largest absolute Gasteiger partial charge is 0.316 e. The van der Waals surface area contributed by atoms with Gasteiger partial charge in [0.15, 0.2) is 0 Å². The zero-order valence-electron chi connectivity index (χ0n) is 11.3. The molecular weight excluding hydrogens is 262 g/mol. The van der Waals surface area contributed by atoms with Crippen LogP contribution in [0.2, 0.25) is 0 Å². The van der Waals surface area contributed by atoms with Crippen LogP contribution in [0.5, 0.6) is 0 Å². The van der Waals surface area contributed by atoms with Crippen molar-refractivity contribution in [3.05, 3.63) is 10.0 Å². The summed E-state index contributed by atoms with van der Waals surface area (Å²) in [5.74, 6) is 3.95. The molecule has 2 rings (SSSR count). The highest BCUT2D eigenvalue weighted by Gasteiger charge is 2.21. The normalized spacial score (nSPS) is 19.8. The number of nitrogens with zero attached hydrogens (tertiary/aromatic N) is 2. The lowest BCUT2D eigenvalue weighted by Crippen LogP contribution is -2.21. The van der Waals surface area contributed by atoms with Crippen molar-refractivity contribution in [1.29, 1.82) is 0 Å². The van der Waals surface area contributed by atoms with Gasteiger partial charge < -0.3 is 5.32 Å². The molecule has 18 heavy (non-hydrogen) atoms. The number of nitrogens with one attached hydrogen (secondary N) is 1. The molecule has 0 spiro atoms. The second kappa shape index (κ2) is 7.46. The minimum Gasteiger partial charge on any atom is -0.316 e. The molecule has 5 heteroatoms. The van der Waals surface area contributed by atoms with Gasteiger partial charge in [0.2, 0.25) is 0 Å². The second-order valence-electron chi connectivity index (χ2n) is 5.30. The Hall–Kier alpha value is -0.130. The van der Waals surface area contributed by atoms with E-state index in [-0.39, 0.29) is 0 Å². The maximum absolute atomic E-state index is 4.36. The number of hydrogen-bond donors (Lipinski definition) is 1. The second-order valence-corrected chi connectivity index (χ2v) is 7.54. The first-order valence-corrected chi connectivity index (χ1v) is 8.83. The van der Waals surface area contributed by atoms with E-state index in [1.165, 1.54) is 34.4 Å². The van der Waals surface area contributed by atoms with Crippen LogP contribution in [-0.4, -0.2) is 34.8 Å². The average molecular weight is 285 g/mol. The molecule has 1 saturated heterocycles. The molecule has 1 aliphatic rings. The van der Waals surface area contributed by atoms with Crippen LogP contribution in [0.1, 0.15) is 42.6 Å². The molecule has 2 heterocycles. The maximum atomic E-state index is 4.36. The Kier molecular flexibility index (Phi) is 5.92. The standard InChI is InChI=1S/C13H23N3S2/c1-10(2)8-14-6-3-4-12-15-16-13(18-12)11-5-7-17-9-11/h10-11,14H,3-9H2,1-2H3. The van der Waals surface area contributed by atoms with E-state index in [1.54, 1.807) is 0 Å². The maximum Gasteiger partial charge on any atom is 0.121 e. The summed E-state index contributed by atoms with van der Waals surface area (Å²) >= 11 is 3.87. The summed E-state index contributed by atoms with van der Waals surface area (Å²) in [6.45, 7) is 6.68. The van der Waals surface area contributed by atoms with Crippen molar-refractivity contribution in [2.75, 3.05) is 24.6 Å². The lowest BCUT2D eigenvalue weighted by atomic mass is 10.1. The van der Waals surface area contributed by atoms with E-state index in [1.807, 2.05) is 23.1 Å². The van der Waals surface area contributed by atoms with Crippen LogP contribution < -0.4 is 5.32 Å². The smallest absolute Gasteiger partial charge is 0.121 e. The van der Waals surface area contributed by atoms with Crippen molar-refractivity contribution in [2.45, 2.75) is 39.0 Å². The van der Waals surface area contributed by atoms with Gasteiger partial charge in [-0.25, -0.2) is 0 Å². The van der Waals surface area contributed by atoms with Crippen LogP contribution in [0, 0.1) is 5.92 Å². The number of aromatic nitrogens is 2. The highest BCUT2D eigenvalue weighted by atomic mass is 32.2. The summed E-state index contributed by atoms with van der Waals surface area (Å²) in [6, 6.07) is 0. The van der Waals surface area contributed by atoms with Crippen molar-refractivity contribution in [3.8, 4) is 0 Å². The SMILES string of the molecule is CC(C)CNCCCc1nnc(C2CCSC2)s1. The van der Waals surface area contributed by atoms with Gasteiger partial charge in [0, 0.05) is 18.1 Å². The lowest BCUT2D eigenvalue weighted by Gasteiger charge is -2.05. The fourth-order valence-electron chi connectivity index (χ4n) is 2.02. The third-order valence-electron chi connectivity index (χ3n) is 3.06. The fourth-order valence-corrected chi connectivity index (χ4v) is 4.37. The fraction of sp³-hybridized carbons (Fsp3) is 0.846. The molecule has 0 amide bonds. The molecule has 1 fully saturated rings. The summed E-state index contributed by atoms with van der Waals surface area (Å²) in [6.07, 6.45) is 3.53. The van der Waals surface area contributed by atoms with Gasteiger partial charge in [-0.15, -0.1) is 21.5 Å². The molecule has 0 aliphatic carbocycles. The molecular formula is C13H23N3S2. The Bertz CT molecular complexity index is 346. The summed E-state index contributed by atoms with van der Waals surface area (Å²) < 4.78 is 0. The monoisotopic (exact) mass is 285 g/mol. The van der Waals surface area contributed by atoms with Crippen LogP contribution in [-0.2, 0) is 6.42 Å². The molecule has 1 N–H and O–H groups in total. The summed E-state index contributed by atoms with van der Waals surface area (Å²) in [5, 5.41) is 14.6. The van der Waals surface area contributed by atoms with Gasteiger partial charge in [-0.05, 0) is 37.6 Å². The van der Waals surface area contributed by atoms with E-state index in [2.05, 4.69) is 29.4 Å². The van der Waals surface area contributed by atoms with Gasteiger partial charge in [-0.3, -0.25) is 0 Å². The van der Waals surface area contributed by atoms with Gasteiger partial charge in [0.1, 0.15) is 10.0 Å². The first kappa shape index (κ1) is 14.3. The van der Waals surface area contributed by atoms with Gasteiger partial charge >= 0.3 is 0 Å². The van der Waals surface area contributed by atoms with Crippen molar-refractivity contribution in [3.63, 3.8) is 0 Å². The Balaban J connectivity index is 1.67. The Morgan fingerprint density at radius 1 is 1.39 bits per heavy atom. The molecule has 1 aromatic heterocycles. The Morgan fingerprint density at radius 3 is 3.00 bits per heavy atom. The van der Waals surface area contributed by atoms with Crippen molar-refractivity contribution >= 4 is 23.1 Å². The highest BCUT2D eigenvalue weighted by Crippen LogP contribution is 2.33. The van der Waals surface area contributed by atoms with Crippen LogP contribution in [0.3, 0.4) is 0 Å². The van der Waals surface area contributed by atoms with Gasteiger partial charge in [-0.1, -0.05) is 13.8 Å². The highest BCUT2D eigenvalue weighted by molar-refractivity contribution is 7.99. The number of hydrogen-bond acceptors (Lipinski definition) is 5. The number of thioether (sulfide) groups is 1. The summed E-state index contributed by atoms with van der Waals surface area (Å²) in [7, 11) is 0. The molecule has 1 unspecified atom stereocenters. The first-order valence-electron chi connectivity index (χ1n) is 6.86. The van der Waals surface area contributed by atoms with Gasteiger partial charge in [-0.2, -0.15) is 11.8 Å². The van der Waals surface area contributed by atoms with Crippen molar-refractivity contribution in [2.24, 2.45) is 5.92 Å². The quantitative estimate of drug-likeness (QED) is 0.782. The lowest BCUT2D eigenvalue weighted by molar-refractivity contribution is 0.542. The molecule has 3 nitrogen and oxygen atoms in total. The van der Waals surface area contributed by atoms with E-state index < -0.39 is 0 Å². The van der Waals surface area contributed by atoms with Gasteiger partial charge in [0.05, 0.1) is 0 Å². The molecule has 0 bridgehead atoms. The van der Waals surface area contributed by atoms with Crippen LogP contribution in [0.25, 0.3) is 0 Å². The summed E-state index contributed by atoms with van der Waals surface area (Å²) in [5.41, 5.74) is 0. The van der Waals surface area contributed by atoms with E-state index in [9.17, 15) is 0 Å². The predicted octanol–water partition coefficient (Wildman–Crippen LogP) is 2.94. The topological polar surface area (TPSA) is 37.8 Å². The molecule has 1 atom stereocenters. The third kappa shape index (κ3) is 4.52. The van der Waals surface area contributed by atoms with E-state index in [4.69, 9.17) is 0 Å². The average Bonchev–Trinajstić information content (AvgIpc) is 2.98. The number of rotatable bonds is 7. The van der Waals surface area contributed by atoms with E-state index in [0.29, 0.717) is 5.92 Å². The zero-order valence-corrected chi connectivity index (χ0v) is 12.9. The molecule has 1 aliphatic heterocycles. The zero-order chi connectivity index (χ0) is 12.8. The number of aryl methyl sites for hydroxylation is 1. The van der Waals surface area contributed by atoms with Crippen molar-refractivity contribution < 1.29 is 0 Å². The molecule has 0 radical (unpaired) electrons. The van der Waals surface area contributed by atoms with E-state index in [0.717, 1.165) is 25.4 Å². The minimum absolute atomic E-state index is 0.681. The van der Waals surface area contributed by atoms with Crippen LogP contribution >= 0.6 is 23.1 Å². The van der Waals surface area contributed by atoms with E-state index >= 15 is 0 Å². The third-order valence-corrected chi connectivity index (χ3v) is 5.37. The first-order chi connectivity index (χ1) is 8.75. The molecule has 102 valence electrons. The Morgan fingerprint density at radius 2 is 2.28 bits per heavy atom. The Labute approximate surface area is 118 Å². The van der Waals surface area contributed by atoms with Gasteiger partial charge in [0.25, 0.3) is 0 Å². The van der Waals surface area contributed by atoms with Crippen LogP contribution in [0.15, 0.2) is 0 Å².